The van der Waals surface area contributed by atoms with Gasteiger partial charge in [-0.3, -0.25) is 19.6 Å². The molecule has 0 radical (unpaired) electrons. The zero-order chi connectivity index (χ0) is 24.8. The maximum atomic E-state index is 13.3. The van der Waals surface area contributed by atoms with Crippen molar-refractivity contribution in [3.8, 4) is 0 Å². The van der Waals surface area contributed by atoms with Crippen molar-refractivity contribution in [1.29, 1.82) is 0 Å². The molecule has 0 saturated carbocycles. The minimum atomic E-state index is -0.646. The first-order valence-corrected chi connectivity index (χ1v) is 12.0. The average molecular weight is 480 g/mol. The highest BCUT2D eigenvalue weighted by molar-refractivity contribution is 7.18. The van der Waals surface area contributed by atoms with Crippen LogP contribution in [0.2, 0.25) is 0 Å². The molecule has 2 rings (SSSR count). The number of nitrogens with one attached hydrogen (secondary N) is 2. The van der Waals surface area contributed by atoms with Crippen molar-refractivity contribution < 1.29 is 24.4 Å². The molecule has 1 aromatic carbocycles. The Hall–Kier alpha value is -1.91. The Morgan fingerprint density at radius 1 is 1.24 bits per heavy atom. The highest BCUT2D eigenvalue weighted by Crippen LogP contribution is 2.26. The van der Waals surface area contributed by atoms with E-state index >= 15 is 0 Å². The van der Waals surface area contributed by atoms with Gasteiger partial charge >= 0.3 is 0 Å². The molecule has 0 spiro atoms. The van der Waals surface area contributed by atoms with Crippen LogP contribution >= 0.6 is 11.3 Å². The number of hydrogen-bond donors (Lipinski definition) is 3. The van der Waals surface area contributed by atoms with Crippen molar-refractivity contribution in [2.75, 3.05) is 6.61 Å². The standard InChI is InChI=1S/C24H37N3O5S/c1-14(2)10-18(23(29)26-22(15(3)28)24(5,6)7)20(13-32-27-30)31-12-17-8-9-21-19(11-17)25-16(4)33-21/h8-9,11,14,18,20,22,27,30H,10,12-13H2,1-7H3,(H,26,29)/t18-,20?,22-/m1/s1. The number of carbonyl (C=O) groups is 2. The lowest BCUT2D eigenvalue weighted by atomic mass is 9.83. The maximum absolute atomic E-state index is 13.3. The number of nitrogens with zero attached hydrogens (tertiary/aromatic N) is 1. The van der Waals surface area contributed by atoms with Gasteiger partial charge in [-0.05, 0) is 49.3 Å². The van der Waals surface area contributed by atoms with Gasteiger partial charge < -0.3 is 10.1 Å². The number of rotatable bonds is 12. The van der Waals surface area contributed by atoms with E-state index in [-0.39, 0.29) is 30.8 Å². The maximum Gasteiger partial charge on any atom is 0.226 e. The van der Waals surface area contributed by atoms with Crippen LogP contribution in [0.5, 0.6) is 0 Å². The van der Waals surface area contributed by atoms with E-state index in [1.807, 2.05) is 59.7 Å². The third-order valence-electron chi connectivity index (χ3n) is 5.41. The van der Waals surface area contributed by atoms with E-state index in [4.69, 9.17) is 14.8 Å². The molecular weight excluding hydrogens is 442 g/mol. The molecule has 1 aromatic heterocycles. The summed E-state index contributed by atoms with van der Waals surface area (Å²) in [6, 6.07) is 5.35. The Bertz CT molecular complexity index is 938. The minimum Gasteiger partial charge on any atom is -0.370 e. The van der Waals surface area contributed by atoms with Gasteiger partial charge in [0, 0.05) is 0 Å². The normalized spacial score (nSPS) is 14.9. The van der Waals surface area contributed by atoms with E-state index < -0.39 is 23.5 Å². The molecule has 184 valence electrons. The number of amides is 1. The lowest BCUT2D eigenvalue weighted by Crippen LogP contribution is -2.52. The molecule has 1 heterocycles. The van der Waals surface area contributed by atoms with E-state index in [9.17, 15) is 9.59 Å². The van der Waals surface area contributed by atoms with Gasteiger partial charge in [0.2, 0.25) is 5.91 Å². The predicted molar refractivity (Wildman–Crippen MR) is 129 cm³/mol. The van der Waals surface area contributed by atoms with Gasteiger partial charge in [0.05, 0.1) is 46.5 Å². The highest BCUT2D eigenvalue weighted by atomic mass is 32.1. The first-order chi connectivity index (χ1) is 15.4. The van der Waals surface area contributed by atoms with Crippen molar-refractivity contribution in [1.82, 2.24) is 15.9 Å². The van der Waals surface area contributed by atoms with Gasteiger partial charge in [0.1, 0.15) is 0 Å². The zero-order valence-corrected chi connectivity index (χ0v) is 21.4. The first kappa shape index (κ1) is 27.3. The number of ketones is 1. The molecular formula is C24H37N3O5S. The van der Waals surface area contributed by atoms with Gasteiger partial charge in [-0.2, -0.15) is 0 Å². The molecule has 8 nitrogen and oxygen atoms in total. The number of Topliss-reactive ketones (excluding diaryl/α,β-unsaturated/α-hetero) is 1. The summed E-state index contributed by atoms with van der Waals surface area (Å²) in [5, 5.41) is 12.9. The van der Waals surface area contributed by atoms with Crippen LogP contribution in [0, 0.1) is 24.2 Å². The summed E-state index contributed by atoms with van der Waals surface area (Å²) in [6.07, 6.45) is -0.114. The van der Waals surface area contributed by atoms with Crippen molar-refractivity contribution in [3.05, 3.63) is 28.8 Å². The fraction of sp³-hybridized carbons (Fsp3) is 0.625. The number of carbonyl (C=O) groups excluding carboxylic acids is 2. The number of aryl methyl sites for hydroxylation is 1. The summed E-state index contributed by atoms with van der Waals surface area (Å²) < 4.78 is 7.26. The van der Waals surface area contributed by atoms with Crippen molar-refractivity contribution in [2.24, 2.45) is 17.3 Å². The second kappa shape index (κ2) is 12.0. The van der Waals surface area contributed by atoms with Crippen LogP contribution in [-0.2, 0) is 25.8 Å². The minimum absolute atomic E-state index is 0.0420. The molecule has 9 heteroatoms. The van der Waals surface area contributed by atoms with Gasteiger partial charge in [0.15, 0.2) is 5.78 Å². The number of thiazole rings is 1. The topological polar surface area (TPSA) is 110 Å². The van der Waals surface area contributed by atoms with Gasteiger partial charge in [-0.25, -0.2) is 4.98 Å². The summed E-state index contributed by atoms with van der Waals surface area (Å²) in [7, 11) is 0. The number of aromatic nitrogens is 1. The van der Waals surface area contributed by atoms with Crippen LogP contribution < -0.4 is 11.0 Å². The van der Waals surface area contributed by atoms with Crippen LogP contribution in [0.4, 0.5) is 0 Å². The Labute approximate surface area is 200 Å². The van der Waals surface area contributed by atoms with E-state index in [0.717, 1.165) is 20.8 Å². The number of hydrogen-bond acceptors (Lipinski definition) is 8. The molecule has 0 bridgehead atoms. The molecule has 0 aliphatic carbocycles. The molecule has 1 unspecified atom stereocenters. The van der Waals surface area contributed by atoms with E-state index in [1.165, 1.54) is 6.92 Å². The van der Waals surface area contributed by atoms with Gasteiger partial charge in [-0.15, -0.1) is 11.3 Å². The van der Waals surface area contributed by atoms with Gasteiger partial charge in [0.25, 0.3) is 0 Å². The molecule has 3 atom stereocenters. The molecule has 2 aromatic rings. The molecule has 0 aliphatic rings. The van der Waals surface area contributed by atoms with Crippen LogP contribution in [0.1, 0.15) is 58.5 Å². The van der Waals surface area contributed by atoms with E-state index in [1.54, 1.807) is 17.0 Å². The summed E-state index contributed by atoms with van der Waals surface area (Å²) in [5.41, 5.74) is 3.09. The lowest BCUT2D eigenvalue weighted by molar-refractivity contribution is -0.170. The molecule has 0 fully saturated rings. The quantitative estimate of drug-likeness (QED) is 0.392. The van der Waals surface area contributed by atoms with Crippen LogP contribution in [0.25, 0.3) is 10.2 Å². The van der Waals surface area contributed by atoms with E-state index in [2.05, 4.69) is 10.3 Å². The third-order valence-corrected chi connectivity index (χ3v) is 6.36. The fourth-order valence-electron chi connectivity index (χ4n) is 3.89. The Kier molecular flexibility index (Phi) is 9.93. The monoisotopic (exact) mass is 479 g/mol. The van der Waals surface area contributed by atoms with E-state index in [0.29, 0.717) is 6.42 Å². The highest BCUT2D eigenvalue weighted by Gasteiger charge is 2.36. The zero-order valence-electron chi connectivity index (χ0n) is 20.6. The molecule has 33 heavy (non-hydrogen) atoms. The summed E-state index contributed by atoms with van der Waals surface area (Å²) in [4.78, 5) is 35.1. The van der Waals surface area contributed by atoms with Crippen molar-refractivity contribution >= 4 is 33.2 Å². The van der Waals surface area contributed by atoms with Crippen molar-refractivity contribution in [3.63, 3.8) is 0 Å². The fourth-order valence-corrected chi connectivity index (χ4v) is 4.70. The Balaban J connectivity index is 2.23. The molecule has 3 N–H and O–H groups in total. The average Bonchev–Trinajstić information content (AvgIpc) is 3.08. The largest absolute Gasteiger partial charge is 0.370 e. The van der Waals surface area contributed by atoms with Crippen LogP contribution in [0.3, 0.4) is 0 Å². The Morgan fingerprint density at radius 3 is 2.52 bits per heavy atom. The number of ether oxygens (including phenoxy) is 1. The van der Waals surface area contributed by atoms with Gasteiger partial charge in [-0.1, -0.05) is 46.3 Å². The Morgan fingerprint density at radius 2 is 1.94 bits per heavy atom. The molecule has 1 amide bonds. The van der Waals surface area contributed by atoms with Crippen LogP contribution in [-0.4, -0.2) is 40.6 Å². The number of fused-ring (bicyclic) bond motifs is 1. The molecule has 0 saturated heterocycles. The lowest BCUT2D eigenvalue weighted by Gasteiger charge is -2.33. The number of benzene rings is 1. The summed E-state index contributed by atoms with van der Waals surface area (Å²) in [6.45, 7) is 13.5. The predicted octanol–water partition coefficient (Wildman–Crippen LogP) is 4.18. The first-order valence-electron chi connectivity index (χ1n) is 11.2. The second-order valence-electron chi connectivity index (χ2n) is 9.94. The summed E-state index contributed by atoms with van der Waals surface area (Å²) >= 11 is 1.63. The third kappa shape index (κ3) is 8.12. The summed E-state index contributed by atoms with van der Waals surface area (Å²) in [5.74, 6) is -0.742. The smallest absolute Gasteiger partial charge is 0.226 e. The SMILES string of the molecule is CC(=O)[C@@H](NC(=O)[C@H](CC(C)C)C(CONO)OCc1ccc2sc(C)nc2c1)C(C)(C)C. The van der Waals surface area contributed by atoms with Crippen molar-refractivity contribution in [2.45, 2.75) is 73.6 Å². The molecule has 0 aliphatic heterocycles. The second-order valence-corrected chi connectivity index (χ2v) is 11.2. The van der Waals surface area contributed by atoms with Crippen LogP contribution in [0.15, 0.2) is 18.2 Å².